The van der Waals surface area contributed by atoms with Crippen LogP contribution in [0.25, 0.3) is 10.8 Å². The minimum atomic E-state index is -0.672. The Morgan fingerprint density at radius 2 is 1.68 bits per heavy atom. The first-order valence-electron chi connectivity index (χ1n) is 11.2. The van der Waals surface area contributed by atoms with Gasteiger partial charge < -0.3 is 20.7 Å². The van der Waals surface area contributed by atoms with Crippen LogP contribution in [0.4, 0.5) is 10.5 Å². The van der Waals surface area contributed by atoms with Gasteiger partial charge in [-0.15, -0.1) is 0 Å². The third-order valence-electron chi connectivity index (χ3n) is 5.20. The Bertz CT molecular complexity index is 1210. The number of carbonyl (C=O) groups is 3. The molecule has 0 spiro atoms. The highest BCUT2D eigenvalue weighted by molar-refractivity contribution is 5.99. The Balaban J connectivity index is 1.66. The van der Waals surface area contributed by atoms with Crippen LogP contribution in [0.2, 0.25) is 0 Å². The molecule has 0 radical (unpaired) electrons. The summed E-state index contributed by atoms with van der Waals surface area (Å²) in [4.78, 5) is 37.1. The van der Waals surface area contributed by atoms with Gasteiger partial charge in [-0.3, -0.25) is 9.59 Å². The van der Waals surface area contributed by atoms with Gasteiger partial charge in [0, 0.05) is 11.3 Å². The van der Waals surface area contributed by atoms with Crippen LogP contribution < -0.4 is 16.0 Å². The van der Waals surface area contributed by atoms with Crippen LogP contribution in [0.3, 0.4) is 0 Å². The molecular weight excluding hydrogens is 430 g/mol. The summed E-state index contributed by atoms with van der Waals surface area (Å²) in [7, 11) is 0. The van der Waals surface area contributed by atoms with Gasteiger partial charge in [0.1, 0.15) is 12.1 Å². The van der Waals surface area contributed by atoms with Crippen molar-refractivity contribution in [2.45, 2.75) is 46.3 Å². The predicted octanol–water partition coefficient (Wildman–Crippen LogP) is 5.10. The Morgan fingerprint density at radius 1 is 0.971 bits per heavy atom. The standard InChI is InChI=1S/C27H31N3O4/c1-17-13-14-20(30-24(31)16-28-26(33)34-27(3,4)5)15-23(17)25(32)29-18(2)21-12-8-10-19-9-6-7-11-22(19)21/h6-15,18H,16H2,1-5H3,(H,28,33)(H,29,32)(H,30,31)/t18-/m1/s1. The van der Waals surface area contributed by atoms with E-state index in [9.17, 15) is 14.4 Å². The van der Waals surface area contributed by atoms with E-state index in [1.807, 2.05) is 56.3 Å². The molecule has 3 N–H and O–H groups in total. The Hall–Kier alpha value is -3.87. The molecule has 7 heteroatoms. The lowest BCUT2D eigenvalue weighted by atomic mass is 9.99. The molecule has 0 aliphatic carbocycles. The maximum absolute atomic E-state index is 13.1. The van der Waals surface area contributed by atoms with Gasteiger partial charge in [0.25, 0.3) is 5.91 Å². The van der Waals surface area contributed by atoms with Gasteiger partial charge in [-0.05, 0) is 68.7 Å². The number of aryl methyl sites for hydroxylation is 1. The molecule has 1 atom stereocenters. The van der Waals surface area contributed by atoms with Crippen molar-refractivity contribution in [1.29, 1.82) is 0 Å². The van der Waals surface area contributed by atoms with Crippen LogP contribution >= 0.6 is 0 Å². The van der Waals surface area contributed by atoms with E-state index >= 15 is 0 Å². The molecule has 0 saturated carbocycles. The van der Waals surface area contributed by atoms with Crippen LogP contribution in [0.1, 0.15) is 55.2 Å². The number of rotatable bonds is 6. The second-order valence-corrected chi connectivity index (χ2v) is 9.20. The first-order valence-corrected chi connectivity index (χ1v) is 11.2. The van der Waals surface area contributed by atoms with Crippen molar-refractivity contribution in [1.82, 2.24) is 10.6 Å². The summed E-state index contributed by atoms with van der Waals surface area (Å²) in [6.45, 7) is 8.77. The highest BCUT2D eigenvalue weighted by atomic mass is 16.6. The molecule has 3 amide bonds. The van der Waals surface area contributed by atoms with Gasteiger partial charge in [0.2, 0.25) is 5.91 Å². The highest BCUT2D eigenvalue weighted by Crippen LogP contribution is 2.25. The first-order chi connectivity index (χ1) is 16.0. The number of alkyl carbamates (subject to hydrolysis) is 1. The summed E-state index contributed by atoms with van der Waals surface area (Å²) in [5.74, 6) is -0.661. The van der Waals surface area contributed by atoms with E-state index in [-0.39, 0.29) is 18.5 Å². The molecule has 0 fully saturated rings. The van der Waals surface area contributed by atoms with Gasteiger partial charge in [-0.2, -0.15) is 0 Å². The largest absolute Gasteiger partial charge is 0.444 e. The molecule has 0 heterocycles. The Labute approximate surface area is 199 Å². The third-order valence-corrected chi connectivity index (χ3v) is 5.20. The SMILES string of the molecule is Cc1ccc(NC(=O)CNC(=O)OC(C)(C)C)cc1C(=O)N[C@H](C)c1cccc2ccccc12. The Morgan fingerprint density at radius 3 is 2.41 bits per heavy atom. The fourth-order valence-electron chi connectivity index (χ4n) is 3.60. The second-order valence-electron chi connectivity index (χ2n) is 9.20. The van der Waals surface area contributed by atoms with Crippen LogP contribution in [0.15, 0.2) is 60.7 Å². The van der Waals surface area contributed by atoms with E-state index in [4.69, 9.17) is 4.74 Å². The Kier molecular flexibility index (Phi) is 7.56. The van der Waals surface area contributed by atoms with E-state index in [2.05, 4.69) is 16.0 Å². The van der Waals surface area contributed by atoms with Crippen molar-refractivity contribution >= 4 is 34.4 Å². The molecule has 0 saturated heterocycles. The fraction of sp³-hybridized carbons (Fsp3) is 0.296. The van der Waals surface area contributed by atoms with Crippen molar-refractivity contribution in [3.8, 4) is 0 Å². The normalized spacial score (nSPS) is 12.0. The van der Waals surface area contributed by atoms with Crippen molar-refractivity contribution in [3.63, 3.8) is 0 Å². The summed E-state index contributed by atoms with van der Waals surface area (Å²) < 4.78 is 5.12. The number of amides is 3. The average molecular weight is 462 g/mol. The minimum Gasteiger partial charge on any atom is -0.444 e. The average Bonchev–Trinajstić information content (AvgIpc) is 2.77. The van der Waals surface area contributed by atoms with Crippen molar-refractivity contribution in [2.75, 3.05) is 11.9 Å². The maximum Gasteiger partial charge on any atom is 0.408 e. The maximum atomic E-state index is 13.1. The molecule has 0 unspecified atom stereocenters. The van der Waals surface area contributed by atoms with Gasteiger partial charge in [-0.1, -0.05) is 48.5 Å². The molecule has 0 bridgehead atoms. The predicted molar refractivity (Wildman–Crippen MR) is 134 cm³/mol. The van der Waals surface area contributed by atoms with Crippen LogP contribution in [0.5, 0.6) is 0 Å². The van der Waals surface area contributed by atoms with Crippen LogP contribution in [-0.2, 0) is 9.53 Å². The van der Waals surface area contributed by atoms with E-state index < -0.39 is 17.6 Å². The number of nitrogens with one attached hydrogen (secondary N) is 3. The summed E-state index contributed by atoms with van der Waals surface area (Å²) in [6.07, 6.45) is -0.672. The van der Waals surface area contributed by atoms with Gasteiger partial charge in [-0.25, -0.2) is 4.79 Å². The zero-order chi connectivity index (χ0) is 24.9. The van der Waals surface area contributed by atoms with E-state index in [1.54, 1.807) is 39.0 Å². The molecule has 178 valence electrons. The molecular formula is C27H31N3O4. The lowest BCUT2D eigenvalue weighted by Crippen LogP contribution is -2.37. The van der Waals surface area contributed by atoms with Gasteiger partial charge in [0.05, 0.1) is 6.04 Å². The summed E-state index contributed by atoms with van der Waals surface area (Å²) in [5, 5.41) is 10.4. The van der Waals surface area contributed by atoms with Crippen LogP contribution in [0, 0.1) is 6.92 Å². The van der Waals surface area contributed by atoms with Gasteiger partial charge >= 0.3 is 6.09 Å². The molecule has 3 aromatic rings. The molecule has 3 rings (SSSR count). The number of carbonyl (C=O) groups excluding carboxylic acids is 3. The summed E-state index contributed by atoms with van der Waals surface area (Å²) in [5.41, 5.74) is 2.09. The topological polar surface area (TPSA) is 96.5 Å². The zero-order valence-corrected chi connectivity index (χ0v) is 20.2. The van der Waals surface area contributed by atoms with E-state index in [1.165, 1.54) is 0 Å². The number of anilines is 1. The minimum absolute atomic E-state index is 0.214. The first kappa shape index (κ1) is 24.8. The number of hydrogen-bond acceptors (Lipinski definition) is 4. The summed E-state index contributed by atoms with van der Waals surface area (Å²) >= 11 is 0. The van der Waals surface area contributed by atoms with Crippen molar-refractivity contribution in [2.24, 2.45) is 0 Å². The zero-order valence-electron chi connectivity index (χ0n) is 20.2. The number of benzene rings is 3. The lowest BCUT2D eigenvalue weighted by molar-refractivity contribution is -0.115. The van der Waals surface area contributed by atoms with Crippen molar-refractivity contribution in [3.05, 3.63) is 77.4 Å². The number of ether oxygens (including phenoxy) is 1. The molecule has 0 aromatic heterocycles. The lowest BCUT2D eigenvalue weighted by Gasteiger charge is -2.19. The van der Waals surface area contributed by atoms with Gasteiger partial charge in [0.15, 0.2) is 0 Å². The fourth-order valence-corrected chi connectivity index (χ4v) is 3.60. The van der Waals surface area contributed by atoms with E-state index in [0.717, 1.165) is 21.9 Å². The smallest absolute Gasteiger partial charge is 0.408 e. The highest BCUT2D eigenvalue weighted by Gasteiger charge is 2.18. The summed E-state index contributed by atoms with van der Waals surface area (Å²) in [6, 6.07) is 19.0. The molecule has 0 aliphatic rings. The van der Waals surface area contributed by atoms with Crippen LogP contribution in [-0.4, -0.2) is 30.1 Å². The van der Waals surface area contributed by atoms with E-state index in [0.29, 0.717) is 11.3 Å². The number of hydrogen-bond donors (Lipinski definition) is 3. The molecule has 3 aromatic carbocycles. The molecule has 7 nitrogen and oxygen atoms in total. The van der Waals surface area contributed by atoms with Crippen molar-refractivity contribution < 1.29 is 19.1 Å². The number of fused-ring (bicyclic) bond motifs is 1. The quantitative estimate of drug-likeness (QED) is 0.476. The third kappa shape index (κ3) is 6.57. The monoisotopic (exact) mass is 461 g/mol. The second kappa shape index (κ2) is 10.4. The molecule has 0 aliphatic heterocycles. The molecule has 34 heavy (non-hydrogen) atoms.